The lowest BCUT2D eigenvalue weighted by Gasteiger charge is -2.49. The van der Waals surface area contributed by atoms with Gasteiger partial charge in [0.05, 0.1) is 22.6 Å². The lowest BCUT2D eigenvalue weighted by Crippen LogP contribution is -2.58. The van der Waals surface area contributed by atoms with Crippen LogP contribution >= 0.6 is 23.2 Å². The summed E-state index contributed by atoms with van der Waals surface area (Å²) in [5, 5.41) is 1.09. The van der Waals surface area contributed by atoms with E-state index in [1.807, 2.05) is 83.8 Å². The first-order valence-electron chi connectivity index (χ1n) is 13.5. The van der Waals surface area contributed by atoms with Crippen LogP contribution in [0.2, 0.25) is 10.0 Å². The maximum Gasteiger partial charge on any atom is 0.316 e. The van der Waals surface area contributed by atoms with Crippen molar-refractivity contribution in [3.63, 3.8) is 0 Å². The summed E-state index contributed by atoms with van der Waals surface area (Å²) in [6, 6.07) is 25.1. The largest absolute Gasteiger partial charge is 0.468 e. The van der Waals surface area contributed by atoms with Crippen molar-refractivity contribution in [1.29, 1.82) is 0 Å². The Morgan fingerprint density at radius 3 is 2.28 bits per heavy atom. The molecule has 39 heavy (non-hydrogen) atoms. The molecule has 4 atom stereocenters. The minimum Gasteiger partial charge on any atom is -0.468 e. The molecular weight excluding hydrogens is 531 g/mol. The number of ether oxygens (including phenoxy) is 1. The van der Waals surface area contributed by atoms with Gasteiger partial charge in [-0.3, -0.25) is 9.59 Å². The van der Waals surface area contributed by atoms with Crippen LogP contribution in [-0.2, 0) is 14.9 Å². The number of hydrogen-bond donors (Lipinski definition) is 0. The van der Waals surface area contributed by atoms with Crippen molar-refractivity contribution in [1.82, 2.24) is 4.90 Å². The molecule has 2 aliphatic rings. The smallest absolute Gasteiger partial charge is 0.316 e. The summed E-state index contributed by atoms with van der Waals surface area (Å²) in [7, 11) is 1.47. The highest BCUT2D eigenvalue weighted by Crippen LogP contribution is 2.48. The Morgan fingerprint density at radius 2 is 1.62 bits per heavy atom. The number of nitrogens with zero attached hydrogens (tertiary/aromatic N) is 2. The molecule has 1 amide bonds. The highest BCUT2D eigenvalue weighted by Gasteiger charge is 2.54. The summed E-state index contributed by atoms with van der Waals surface area (Å²) in [5.41, 5.74) is 1.84. The molecule has 0 spiro atoms. The van der Waals surface area contributed by atoms with E-state index in [0.717, 1.165) is 30.8 Å². The number of esters is 1. The Balaban J connectivity index is 1.48. The number of anilines is 1. The van der Waals surface area contributed by atoms with Gasteiger partial charge in [-0.15, -0.1) is 0 Å². The van der Waals surface area contributed by atoms with Gasteiger partial charge in [-0.05, 0) is 66.5 Å². The molecule has 2 fully saturated rings. The number of amides is 1. The van der Waals surface area contributed by atoms with Crippen molar-refractivity contribution >= 4 is 40.8 Å². The summed E-state index contributed by atoms with van der Waals surface area (Å²) in [5.74, 6) is 0.125. The zero-order valence-corrected chi connectivity index (χ0v) is 23.9. The predicted molar refractivity (Wildman–Crippen MR) is 157 cm³/mol. The zero-order valence-electron chi connectivity index (χ0n) is 22.4. The van der Waals surface area contributed by atoms with Gasteiger partial charge < -0.3 is 14.5 Å². The van der Waals surface area contributed by atoms with Crippen LogP contribution in [0.3, 0.4) is 0 Å². The van der Waals surface area contributed by atoms with Gasteiger partial charge in [0, 0.05) is 37.4 Å². The van der Waals surface area contributed by atoms with Gasteiger partial charge in [-0.2, -0.15) is 0 Å². The van der Waals surface area contributed by atoms with Gasteiger partial charge in [0.2, 0.25) is 0 Å². The third kappa shape index (κ3) is 5.27. The molecule has 2 aliphatic heterocycles. The third-order valence-corrected chi connectivity index (χ3v) is 9.58. The normalized spacial score (nSPS) is 23.9. The quantitative estimate of drug-likeness (QED) is 0.311. The molecule has 2 saturated heterocycles. The average Bonchev–Trinajstić information content (AvgIpc) is 3.48. The van der Waals surface area contributed by atoms with E-state index < -0.39 is 5.41 Å². The fourth-order valence-corrected chi connectivity index (χ4v) is 6.95. The van der Waals surface area contributed by atoms with Gasteiger partial charge >= 0.3 is 5.97 Å². The van der Waals surface area contributed by atoms with E-state index >= 15 is 0 Å². The topological polar surface area (TPSA) is 49.9 Å². The molecule has 204 valence electrons. The maximum atomic E-state index is 13.8. The van der Waals surface area contributed by atoms with Gasteiger partial charge in [-0.25, -0.2) is 0 Å². The molecule has 3 aromatic carbocycles. The van der Waals surface area contributed by atoms with Crippen molar-refractivity contribution in [2.75, 3.05) is 38.2 Å². The number of piperidine rings is 1. The predicted octanol–water partition coefficient (Wildman–Crippen LogP) is 6.73. The van der Waals surface area contributed by atoms with E-state index in [1.165, 1.54) is 7.11 Å². The lowest BCUT2D eigenvalue weighted by molar-refractivity contribution is -0.154. The third-order valence-electron chi connectivity index (χ3n) is 8.84. The Labute approximate surface area is 240 Å². The van der Waals surface area contributed by atoms with Crippen molar-refractivity contribution < 1.29 is 14.3 Å². The molecule has 0 saturated carbocycles. The van der Waals surface area contributed by atoms with Crippen LogP contribution < -0.4 is 4.90 Å². The molecular formula is C32H34Cl2N2O3. The molecule has 0 aliphatic carbocycles. The van der Waals surface area contributed by atoms with Crippen LogP contribution in [0.25, 0.3) is 0 Å². The van der Waals surface area contributed by atoms with Gasteiger partial charge in [-0.1, -0.05) is 78.7 Å². The summed E-state index contributed by atoms with van der Waals surface area (Å²) in [6.07, 6.45) is 1.50. The van der Waals surface area contributed by atoms with Crippen LogP contribution in [0.5, 0.6) is 0 Å². The second kappa shape index (κ2) is 11.6. The van der Waals surface area contributed by atoms with Gasteiger partial charge in [0.1, 0.15) is 0 Å². The highest BCUT2D eigenvalue weighted by molar-refractivity contribution is 6.42. The molecule has 0 bridgehead atoms. The van der Waals surface area contributed by atoms with E-state index in [4.69, 9.17) is 27.9 Å². The van der Waals surface area contributed by atoms with Crippen molar-refractivity contribution in [2.45, 2.75) is 25.2 Å². The first kappa shape index (κ1) is 27.5. The molecule has 0 radical (unpaired) electrons. The lowest BCUT2D eigenvalue weighted by atomic mass is 9.59. The number of hydrogen-bond acceptors (Lipinski definition) is 4. The number of likely N-dealkylation sites (tertiary alicyclic amines) is 1. The van der Waals surface area contributed by atoms with E-state index in [1.54, 1.807) is 0 Å². The molecule has 2 heterocycles. The molecule has 4 unspecified atom stereocenters. The first-order chi connectivity index (χ1) is 18.8. The Morgan fingerprint density at radius 1 is 0.923 bits per heavy atom. The summed E-state index contributed by atoms with van der Waals surface area (Å²) >= 11 is 12.5. The van der Waals surface area contributed by atoms with E-state index in [-0.39, 0.29) is 23.7 Å². The van der Waals surface area contributed by atoms with Crippen molar-refractivity contribution in [3.8, 4) is 0 Å². The Hall–Kier alpha value is -3.02. The number of carbonyl (C=O) groups excluding carboxylic acids is 2. The fourth-order valence-electron chi connectivity index (χ4n) is 6.65. The van der Waals surface area contributed by atoms with Crippen LogP contribution in [0.15, 0.2) is 78.9 Å². The molecule has 7 heteroatoms. The van der Waals surface area contributed by atoms with E-state index in [2.05, 4.69) is 11.8 Å². The second-order valence-electron chi connectivity index (χ2n) is 10.8. The van der Waals surface area contributed by atoms with Crippen molar-refractivity contribution in [3.05, 3.63) is 100 Å². The minimum absolute atomic E-state index is 0.00295. The number of rotatable bonds is 6. The Kier molecular flexibility index (Phi) is 8.20. The summed E-state index contributed by atoms with van der Waals surface area (Å²) < 4.78 is 5.51. The SMILES string of the molecule is COC(=O)C1(c2ccccc2)CCN(C(=O)c2ccccc2)CC1C(C)C1CCN(c2ccc(Cl)c(Cl)c2)C1. The van der Waals surface area contributed by atoms with Gasteiger partial charge in [0.15, 0.2) is 0 Å². The number of carbonyl (C=O) groups is 2. The number of halogens is 2. The summed E-state index contributed by atoms with van der Waals surface area (Å²) in [4.78, 5) is 31.6. The van der Waals surface area contributed by atoms with Crippen LogP contribution in [0.1, 0.15) is 35.7 Å². The molecule has 5 nitrogen and oxygen atoms in total. The number of benzene rings is 3. The fraction of sp³-hybridized carbons (Fsp3) is 0.375. The second-order valence-corrected chi connectivity index (χ2v) is 11.6. The number of methoxy groups -OCH3 is 1. The van der Waals surface area contributed by atoms with Crippen LogP contribution in [-0.4, -0.2) is 50.1 Å². The summed E-state index contributed by atoms with van der Waals surface area (Å²) in [6.45, 7) is 4.95. The van der Waals surface area contributed by atoms with E-state index in [9.17, 15) is 9.59 Å². The molecule has 3 aromatic rings. The van der Waals surface area contributed by atoms with E-state index in [0.29, 0.717) is 41.0 Å². The standard InChI is InChI=1S/C32H34Cl2N2O3/c1-22(24-15-17-35(20-24)26-13-14-28(33)29(34)19-26)27-21-36(30(37)23-9-5-3-6-10-23)18-16-32(27,31(38)39-2)25-11-7-4-8-12-25/h3-14,19,22,24,27H,15-18,20-21H2,1-2H3. The molecule has 5 rings (SSSR count). The minimum atomic E-state index is -0.833. The van der Waals surface area contributed by atoms with Crippen LogP contribution in [0.4, 0.5) is 5.69 Å². The monoisotopic (exact) mass is 564 g/mol. The highest BCUT2D eigenvalue weighted by atomic mass is 35.5. The van der Waals surface area contributed by atoms with Crippen molar-refractivity contribution in [2.24, 2.45) is 17.8 Å². The maximum absolute atomic E-state index is 13.8. The molecule has 0 N–H and O–H groups in total. The zero-order chi connectivity index (χ0) is 27.6. The first-order valence-corrected chi connectivity index (χ1v) is 14.3. The Bertz CT molecular complexity index is 1320. The van der Waals surface area contributed by atoms with Crippen LogP contribution in [0, 0.1) is 17.8 Å². The van der Waals surface area contributed by atoms with Gasteiger partial charge in [0.25, 0.3) is 5.91 Å². The average molecular weight is 566 g/mol. The molecule has 0 aromatic heterocycles.